The summed E-state index contributed by atoms with van der Waals surface area (Å²) in [5.41, 5.74) is 4.49. The van der Waals surface area contributed by atoms with Gasteiger partial charge in [-0.15, -0.1) is 0 Å². The van der Waals surface area contributed by atoms with Crippen LogP contribution in [0.1, 0.15) is 78.9 Å². The Morgan fingerprint density at radius 1 is 1.03 bits per heavy atom. The molecule has 2 aliphatic heterocycles. The van der Waals surface area contributed by atoms with E-state index in [1.54, 1.807) is 0 Å². The van der Waals surface area contributed by atoms with Crippen molar-refractivity contribution in [3.8, 4) is 0 Å². The van der Waals surface area contributed by atoms with Gasteiger partial charge in [-0.3, -0.25) is 5.41 Å². The highest BCUT2D eigenvalue weighted by atomic mass is 32.1. The molecule has 2 bridgehead atoms. The van der Waals surface area contributed by atoms with E-state index in [0.29, 0.717) is 40.4 Å². The van der Waals surface area contributed by atoms with Crippen molar-refractivity contribution in [2.24, 2.45) is 5.92 Å². The third-order valence-electron chi connectivity index (χ3n) is 8.93. The van der Waals surface area contributed by atoms with Crippen LogP contribution in [0.5, 0.6) is 0 Å². The number of nitrogens with one attached hydrogen (secondary N) is 1. The van der Waals surface area contributed by atoms with Crippen LogP contribution in [0.3, 0.4) is 0 Å². The standard InChI is InChI=1S/C31H33N3O4S/c32-28(24-4-2-1-3-23(24)17-5-6-17)26(30(35)18-7-8-18)16-38-22-13-19-9-10-20(14-22)34(19)21-11-12-25-27(15-21)39-33-29(25)31(36)37/h1-4,11-12,15,17-20,22,32,35H,5-10,13-14,16H2,(H,36,37)/b30-26-,32-28?/t19-,20?,22?/m0/s1. The molecule has 2 saturated carbocycles. The molecule has 202 valence electrons. The number of carbonyl (C=O) groups is 1. The molecule has 7 rings (SSSR count). The largest absolute Gasteiger partial charge is 0.512 e. The smallest absolute Gasteiger partial charge is 0.356 e. The maximum Gasteiger partial charge on any atom is 0.356 e. The molecule has 8 heteroatoms. The summed E-state index contributed by atoms with van der Waals surface area (Å²) in [4.78, 5) is 14.0. The third kappa shape index (κ3) is 4.63. The topological polar surface area (TPSA) is 107 Å². The van der Waals surface area contributed by atoms with Gasteiger partial charge in [0.25, 0.3) is 0 Å². The molecule has 3 atom stereocenters. The monoisotopic (exact) mass is 543 g/mol. The average molecular weight is 544 g/mol. The number of aromatic carboxylic acids is 1. The molecule has 3 aromatic rings. The molecule has 2 saturated heterocycles. The van der Waals surface area contributed by atoms with Crippen LogP contribution in [0.4, 0.5) is 5.69 Å². The van der Waals surface area contributed by atoms with Crippen molar-refractivity contribution in [3.05, 3.63) is 70.6 Å². The first-order valence-electron chi connectivity index (χ1n) is 14.1. The van der Waals surface area contributed by atoms with Crippen LogP contribution < -0.4 is 4.90 Å². The number of nitrogens with zero attached hydrogens (tertiary/aromatic N) is 2. The number of piperidine rings is 1. The Labute approximate surface area is 231 Å². The van der Waals surface area contributed by atoms with Crippen molar-refractivity contribution in [3.63, 3.8) is 0 Å². The molecule has 0 spiro atoms. The highest BCUT2D eigenvalue weighted by Gasteiger charge is 2.42. The molecule has 0 amide bonds. The Hall–Kier alpha value is -3.23. The summed E-state index contributed by atoms with van der Waals surface area (Å²) in [6, 6.07) is 14.9. The fourth-order valence-corrected chi connectivity index (χ4v) is 7.44. The summed E-state index contributed by atoms with van der Waals surface area (Å²) in [5.74, 6) is 0.0619. The van der Waals surface area contributed by atoms with Gasteiger partial charge in [-0.1, -0.05) is 24.3 Å². The molecule has 2 unspecified atom stereocenters. The SMILES string of the molecule is N=C(/C(COC1CC2CC[C@@H](C1)N2c1ccc2c(C(=O)O)nsc2c1)=C(\O)C1CC1)c1ccccc1C1CC1. The molecular weight excluding hydrogens is 510 g/mol. The molecule has 7 nitrogen and oxygen atoms in total. The number of anilines is 1. The molecule has 2 aliphatic carbocycles. The van der Waals surface area contributed by atoms with Crippen LogP contribution in [-0.4, -0.2) is 51.1 Å². The van der Waals surface area contributed by atoms with Crippen LogP contribution in [0.2, 0.25) is 0 Å². The zero-order valence-electron chi connectivity index (χ0n) is 21.8. The van der Waals surface area contributed by atoms with Gasteiger partial charge in [-0.2, -0.15) is 4.37 Å². The third-order valence-corrected chi connectivity index (χ3v) is 9.74. The Morgan fingerprint density at radius 2 is 1.77 bits per heavy atom. The number of fused-ring (bicyclic) bond motifs is 3. The lowest BCUT2D eigenvalue weighted by molar-refractivity contribution is 0.0410. The van der Waals surface area contributed by atoms with Crippen molar-refractivity contribution < 1.29 is 19.7 Å². The van der Waals surface area contributed by atoms with Crippen LogP contribution in [0.15, 0.2) is 53.8 Å². The molecule has 4 aliphatic rings. The minimum absolute atomic E-state index is 0.0815. The number of aromatic nitrogens is 1. The van der Waals surface area contributed by atoms with Crippen molar-refractivity contribution in [1.29, 1.82) is 5.41 Å². The molecule has 3 N–H and O–H groups in total. The molecule has 0 radical (unpaired) electrons. The number of carboxylic acids is 1. The van der Waals surface area contributed by atoms with Crippen LogP contribution in [0.25, 0.3) is 10.1 Å². The summed E-state index contributed by atoms with van der Waals surface area (Å²) < 4.78 is 11.5. The summed E-state index contributed by atoms with van der Waals surface area (Å²) in [7, 11) is 0. The van der Waals surface area contributed by atoms with E-state index in [-0.39, 0.29) is 24.3 Å². The van der Waals surface area contributed by atoms with Gasteiger partial charge < -0.3 is 19.8 Å². The summed E-state index contributed by atoms with van der Waals surface area (Å²) in [5, 5.41) is 30.3. The number of allylic oxidation sites excluding steroid dienone is 1. The van der Waals surface area contributed by atoms with Gasteiger partial charge in [-0.25, -0.2) is 4.79 Å². The molecule has 39 heavy (non-hydrogen) atoms. The van der Waals surface area contributed by atoms with Gasteiger partial charge in [0.15, 0.2) is 5.69 Å². The number of aliphatic hydroxyl groups excluding tert-OH is 1. The molecule has 1 aromatic heterocycles. The highest BCUT2D eigenvalue weighted by Crippen LogP contribution is 2.44. The second kappa shape index (κ2) is 9.75. The minimum Gasteiger partial charge on any atom is -0.512 e. The first-order chi connectivity index (χ1) is 19.0. The quantitative estimate of drug-likeness (QED) is 0.205. The van der Waals surface area contributed by atoms with Gasteiger partial charge in [0.1, 0.15) is 5.76 Å². The molecular formula is C31H33N3O4S. The Morgan fingerprint density at radius 3 is 2.46 bits per heavy atom. The summed E-state index contributed by atoms with van der Waals surface area (Å²) in [6.45, 7) is 0.273. The Balaban J connectivity index is 1.07. The fourth-order valence-electron chi connectivity index (χ4n) is 6.64. The Kier molecular flexibility index (Phi) is 6.20. The summed E-state index contributed by atoms with van der Waals surface area (Å²) >= 11 is 1.24. The highest BCUT2D eigenvalue weighted by molar-refractivity contribution is 7.13. The van der Waals surface area contributed by atoms with Gasteiger partial charge in [0.05, 0.1) is 23.1 Å². The van der Waals surface area contributed by atoms with Crippen LogP contribution >= 0.6 is 11.5 Å². The first-order valence-corrected chi connectivity index (χ1v) is 14.9. The number of rotatable bonds is 9. The second-order valence-corrected chi connectivity index (χ2v) is 12.4. The minimum atomic E-state index is -0.989. The van der Waals surface area contributed by atoms with E-state index in [1.165, 1.54) is 29.9 Å². The number of carboxylic acid groups (broad SMARTS) is 1. The van der Waals surface area contributed by atoms with Gasteiger partial charge in [0.2, 0.25) is 0 Å². The second-order valence-electron chi connectivity index (χ2n) is 11.6. The Bertz CT molecular complexity index is 1470. The molecule has 4 fully saturated rings. The predicted molar refractivity (Wildman–Crippen MR) is 152 cm³/mol. The number of aliphatic hydroxyl groups is 1. The van der Waals surface area contributed by atoms with Gasteiger partial charge >= 0.3 is 5.97 Å². The predicted octanol–water partition coefficient (Wildman–Crippen LogP) is 6.68. The number of hydrogen-bond acceptors (Lipinski definition) is 7. The van der Waals surface area contributed by atoms with E-state index in [1.807, 2.05) is 30.3 Å². The van der Waals surface area contributed by atoms with Crippen LogP contribution in [0, 0.1) is 11.3 Å². The van der Waals surface area contributed by atoms with Crippen LogP contribution in [-0.2, 0) is 4.74 Å². The van der Waals surface area contributed by atoms with Crippen molar-refractivity contribution >= 4 is 39.0 Å². The molecule has 2 aromatic carbocycles. The van der Waals surface area contributed by atoms with Crippen molar-refractivity contribution in [2.75, 3.05) is 11.5 Å². The lowest BCUT2D eigenvalue weighted by Gasteiger charge is -2.40. The van der Waals surface area contributed by atoms with E-state index in [2.05, 4.69) is 21.4 Å². The molecule has 3 heterocycles. The number of benzene rings is 2. The van der Waals surface area contributed by atoms with E-state index in [0.717, 1.165) is 54.5 Å². The van der Waals surface area contributed by atoms with E-state index >= 15 is 0 Å². The van der Waals surface area contributed by atoms with Crippen molar-refractivity contribution in [2.45, 2.75) is 75.5 Å². The fraction of sp³-hybridized carbons (Fsp3) is 0.452. The maximum absolute atomic E-state index is 11.5. The van der Waals surface area contributed by atoms with E-state index in [4.69, 9.17) is 10.1 Å². The van der Waals surface area contributed by atoms with E-state index < -0.39 is 5.97 Å². The van der Waals surface area contributed by atoms with E-state index in [9.17, 15) is 15.0 Å². The average Bonchev–Trinajstić information content (AvgIpc) is 3.87. The number of hydrogen-bond donors (Lipinski definition) is 3. The first kappa shape index (κ1) is 24.8. The lowest BCUT2D eigenvalue weighted by atomic mass is 9.93. The van der Waals surface area contributed by atoms with Gasteiger partial charge in [-0.05, 0) is 92.6 Å². The summed E-state index contributed by atoms with van der Waals surface area (Å²) in [6.07, 6.45) is 8.40. The number of ether oxygens (including phenoxy) is 1. The van der Waals surface area contributed by atoms with Crippen molar-refractivity contribution in [1.82, 2.24) is 4.37 Å². The maximum atomic E-state index is 11.5. The lowest BCUT2D eigenvalue weighted by Crippen LogP contribution is -2.45. The zero-order chi connectivity index (χ0) is 26.7. The van der Waals surface area contributed by atoms with Gasteiger partial charge in [0, 0.05) is 40.2 Å². The zero-order valence-corrected chi connectivity index (χ0v) is 22.6. The normalized spacial score (nSPS) is 25.1.